The number of hydrogen-bond acceptors (Lipinski definition) is 5. The summed E-state index contributed by atoms with van der Waals surface area (Å²) in [5.41, 5.74) is 2.41. The van der Waals surface area contributed by atoms with Crippen LogP contribution in [0.4, 0.5) is 11.4 Å². The van der Waals surface area contributed by atoms with Gasteiger partial charge in [0.25, 0.3) is 15.9 Å². The number of nitrogens with one attached hydrogen (secondary N) is 1. The summed E-state index contributed by atoms with van der Waals surface area (Å²) in [6.07, 6.45) is 0. The Kier molecular flexibility index (Phi) is 6.95. The highest BCUT2D eigenvalue weighted by Crippen LogP contribution is 2.24. The molecule has 3 aromatic rings. The molecule has 0 saturated heterocycles. The molecule has 1 amide bonds. The van der Waals surface area contributed by atoms with E-state index in [1.165, 1.54) is 41.7 Å². The quantitative estimate of drug-likeness (QED) is 0.541. The van der Waals surface area contributed by atoms with Crippen molar-refractivity contribution in [1.29, 1.82) is 0 Å². The Morgan fingerprint density at radius 2 is 1.56 bits per heavy atom. The van der Waals surface area contributed by atoms with Crippen molar-refractivity contribution in [2.75, 3.05) is 23.3 Å². The molecule has 1 N–H and O–H groups in total. The average molecular weight is 453 g/mol. The van der Waals surface area contributed by atoms with Gasteiger partial charge in [0.15, 0.2) is 0 Å². The lowest BCUT2D eigenvalue weighted by Gasteiger charge is -2.23. The fourth-order valence-corrected chi connectivity index (χ4v) is 4.66. The van der Waals surface area contributed by atoms with E-state index < -0.39 is 21.9 Å². The van der Waals surface area contributed by atoms with Gasteiger partial charge in [0, 0.05) is 17.8 Å². The molecule has 166 valence electrons. The molecule has 0 saturated carbocycles. The number of rotatable bonds is 7. The van der Waals surface area contributed by atoms with E-state index in [2.05, 4.69) is 5.32 Å². The molecule has 3 rings (SSSR count). The van der Waals surface area contributed by atoms with E-state index in [1.807, 2.05) is 6.07 Å². The Morgan fingerprint density at radius 1 is 0.938 bits per heavy atom. The minimum Gasteiger partial charge on any atom is -0.465 e. The highest BCUT2D eigenvalue weighted by atomic mass is 32.2. The molecule has 0 aliphatic heterocycles. The second kappa shape index (κ2) is 9.65. The van der Waals surface area contributed by atoms with Gasteiger partial charge in [-0.15, -0.1) is 0 Å². The van der Waals surface area contributed by atoms with Crippen LogP contribution >= 0.6 is 0 Å². The molecule has 0 aromatic heterocycles. The topological polar surface area (TPSA) is 92.8 Å². The summed E-state index contributed by atoms with van der Waals surface area (Å²) in [4.78, 5) is 24.5. The largest absolute Gasteiger partial charge is 0.465 e. The Hall–Kier alpha value is -3.65. The first-order chi connectivity index (χ1) is 15.3. The SMILES string of the molecule is CCN(c1ccccc1)S(=O)(=O)c1ccc(C(=O)Nc2cc(C(=O)OC)ccc2C)cc1. The van der Waals surface area contributed by atoms with E-state index in [9.17, 15) is 18.0 Å². The summed E-state index contributed by atoms with van der Waals surface area (Å²) in [6, 6.07) is 19.4. The molecule has 0 spiro atoms. The van der Waals surface area contributed by atoms with Gasteiger partial charge >= 0.3 is 5.97 Å². The molecule has 3 aromatic carbocycles. The zero-order valence-electron chi connectivity index (χ0n) is 18.0. The molecule has 7 nitrogen and oxygen atoms in total. The highest BCUT2D eigenvalue weighted by molar-refractivity contribution is 7.92. The molecule has 0 fully saturated rings. The van der Waals surface area contributed by atoms with Gasteiger partial charge in [0.1, 0.15) is 0 Å². The normalized spacial score (nSPS) is 11.0. The number of carbonyl (C=O) groups is 2. The maximum atomic E-state index is 13.1. The van der Waals surface area contributed by atoms with E-state index >= 15 is 0 Å². The van der Waals surface area contributed by atoms with Crippen molar-refractivity contribution >= 4 is 33.3 Å². The molecule has 0 heterocycles. The van der Waals surface area contributed by atoms with Crippen LogP contribution in [0.1, 0.15) is 33.2 Å². The van der Waals surface area contributed by atoms with Crippen molar-refractivity contribution in [3.63, 3.8) is 0 Å². The third-order valence-corrected chi connectivity index (χ3v) is 6.86. The van der Waals surface area contributed by atoms with Crippen molar-refractivity contribution in [3.8, 4) is 0 Å². The Balaban J connectivity index is 1.82. The number of methoxy groups -OCH3 is 1. The smallest absolute Gasteiger partial charge is 0.337 e. The van der Waals surface area contributed by atoms with Gasteiger partial charge in [-0.05, 0) is 67.9 Å². The minimum absolute atomic E-state index is 0.0867. The lowest BCUT2D eigenvalue weighted by atomic mass is 10.1. The molecule has 0 radical (unpaired) electrons. The first-order valence-electron chi connectivity index (χ1n) is 9.96. The van der Waals surface area contributed by atoms with Gasteiger partial charge in [0.2, 0.25) is 0 Å². The van der Waals surface area contributed by atoms with Crippen molar-refractivity contribution in [1.82, 2.24) is 0 Å². The second-order valence-electron chi connectivity index (χ2n) is 7.01. The Morgan fingerprint density at radius 3 is 2.16 bits per heavy atom. The maximum Gasteiger partial charge on any atom is 0.337 e. The zero-order chi connectivity index (χ0) is 23.3. The predicted octanol–water partition coefficient (Wildman–Crippen LogP) is 4.25. The fourth-order valence-electron chi connectivity index (χ4n) is 3.19. The Labute approximate surface area is 187 Å². The summed E-state index contributed by atoms with van der Waals surface area (Å²) in [6.45, 7) is 3.83. The predicted molar refractivity (Wildman–Crippen MR) is 124 cm³/mol. The first kappa shape index (κ1) is 23.0. The lowest BCUT2D eigenvalue weighted by Crippen LogP contribution is -2.30. The summed E-state index contributed by atoms with van der Waals surface area (Å²) >= 11 is 0. The molecule has 0 bridgehead atoms. The number of sulfonamides is 1. The maximum absolute atomic E-state index is 13.1. The van der Waals surface area contributed by atoms with Crippen LogP contribution in [0.25, 0.3) is 0 Å². The van der Waals surface area contributed by atoms with Gasteiger partial charge in [-0.3, -0.25) is 9.10 Å². The molecule has 32 heavy (non-hydrogen) atoms. The number of anilines is 2. The number of ether oxygens (including phenoxy) is 1. The Bertz CT molecular complexity index is 1220. The van der Waals surface area contributed by atoms with Gasteiger partial charge < -0.3 is 10.1 Å². The monoisotopic (exact) mass is 452 g/mol. The van der Waals surface area contributed by atoms with E-state index in [-0.39, 0.29) is 17.0 Å². The van der Waals surface area contributed by atoms with E-state index in [1.54, 1.807) is 50.2 Å². The summed E-state index contributed by atoms with van der Waals surface area (Å²) in [7, 11) is -2.49. The minimum atomic E-state index is -3.78. The van der Waals surface area contributed by atoms with Gasteiger partial charge in [-0.2, -0.15) is 0 Å². The second-order valence-corrected chi connectivity index (χ2v) is 8.87. The summed E-state index contributed by atoms with van der Waals surface area (Å²) in [5.74, 6) is -0.927. The highest BCUT2D eigenvalue weighted by Gasteiger charge is 2.23. The molecule has 0 unspecified atom stereocenters. The third kappa shape index (κ3) is 4.81. The van der Waals surface area contributed by atoms with Crippen molar-refractivity contribution in [3.05, 3.63) is 89.5 Å². The molecular formula is C24H24N2O5S. The zero-order valence-corrected chi connectivity index (χ0v) is 18.8. The molecule has 0 atom stereocenters. The molecular weight excluding hydrogens is 428 g/mol. The van der Waals surface area contributed by atoms with Crippen LogP contribution in [0, 0.1) is 6.92 Å². The van der Waals surface area contributed by atoms with Crippen molar-refractivity contribution in [2.24, 2.45) is 0 Å². The number of hydrogen-bond donors (Lipinski definition) is 1. The van der Waals surface area contributed by atoms with Crippen LogP contribution < -0.4 is 9.62 Å². The lowest BCUT2D eigenvalue weighted by molar-refractivity contribution is 0.0600. The van der Waals surface area contributed by atoms with Gasteiger partial charge in [-0.1, -0.05) is 24.3 Å². The molecule has 0 aliphatic rings. The third-order valence-electron chi connectivity index (χ3n) is 4.94. The molecule has 0 aliphatic carbocycles. The van der Waals surface area contributed by atoms with Crippen LogP contribution in [0.2, 0.25) is 0 Å². The number of amides is 1. The van der Waals surface area contributed by atoms with Crippen LogP contribution in [0.3, 0.4) is 0 Å². The molecule has 8 heteroatoms. The summed E-state index contributed by atoms with van der Waals surface area (Å²) in [5, 5.41) is 2.76. The van der Waals surface area contributed by atoms with E-state index in [4.69, 9.17) is 4.74 Å². The van der Waals surface area contributed by atoms with Crippen LogP contribution in [-0.2, 0) is 14.8 Å². The number of carbonyl (C=O) groups excluding carboxylic acids is 2. The fraction of sp³-hybridized carbons (Fsp3) is 0.167. The number of para-hydroxylation sites is 1. The number of esters is 1. The number of benzene rings is 3. The number of nitrogens with zero attached hydrogens (tertiary/aromatic N) is 1. The number of aryl methyl sites for hydroxylation is 1. The average Bonchev–Trinajstić information content (AvgIpc) is 2.81. The van der Waals surface area contributed by atoms with Gasteiger partial charge in [0.05, 0.1) is 23.3 Å². The van der Waals surface area contributed by atoms with Crippen LogP contribution in [0.15, 0.2) is 77.7 Å². The van der Waals surface area contributed by atoms with E-state index in [0.717, 1.165) is 5.56 Å². The van der Waals surface area contributed by atoms with Crippen LogP contribution in [0.5, 0.6) is 0 Å². The van der Waals surface area contributed by atoms with Crippen LogP contribution in [-0.4, -0.2) is 33.9 Å². The first-order valence-corrected chi connectivity index (χ1v) is 11.4. The standard InChI is InChI=1S/C24H24N2O5S/c1-4-26(20-8-6-5-7-9-20)32(29,30)21-14-12-18(13-15-21)23(27)25-22-16-19(24(28)31-3)11-10-17(22)2/h5-16H,4H2,1-3H3,(H,25,27). The van der Waals surface area contributed by atoms with Gasteiger partial charge in [-0.25, -0.2) is 13.2 Å². The van der Waals surface area contributed by atoms with Crippen molar-refractivity contribution < 1.29 is 22.7 Å². The van der Waals surface area contributed by atoms with E-state index in [0.29, 0.717) is 16.9 Å². The van der Waals surface area contributed by atoms with Crippen molar-refractivity contribution in [2.45, 2.75) is 18.7 Å². The summed E-state index contributed by atoms with van der Waals surface area (Å²) < 4.78 is 32.2.